The van der Waals surface area contributed by atoms with Crippen LogP contribution >= 0.6 is 0 Å². The molecular formula is C34H34O4. The highest BCUT2D eigenvalue weighted by atomic mass is 16.7. The van der Waals surface area contributed by atoms with Gasteiger partial charge in [0.1, 0.15) is 11.5 Å². The fourth-order valence-corrected chi connectivity index (χ4v) is 5.61. The molecule has 1 aliphatic rings. The zero-order valence-electron chi connectivity index (χ0n) is 22.7. The van der Waals surface area contributed by atoms with E-state index in [0.29, 0.717) is 5.75 Å². The SMILES string of the molecule is COc1cc2c(cc1-c1cc(-c3ccc(OC(=O)O)cc3)ccc1-c1ccccc1)C(C)(C)CCC2(C)C. The third-order valence-corrected chi connectivity index (χ3v) is 7.96. The normalized spacial score (nSPS) is 15.4. The molecule has 4 nitrogen and oxygen atoms in total. The lowest BCUT2D eigenvalue weighted by molar-refractivity contribution is 0.144. The van der Waals surface area contributed by atoms with Crippen LogP contribution in [0.5, 0.6) is 11.5 Å². The molecule has 4 aromatic carbocycles. The van der Waals surface area contributed by atoms with E-state index in [9.17, 15) is 4.79 Å². The lowest BCUT2D eigenvalue weighted by Crippen LogP contribution is -2.33. The van der Waals surface area contributed by atoms with E-state index in [-0.39, 0.29) is 10.8 Å². The van der Waals surface area contributed by atoms with Gasteiger partial charge in [-0.1, -0.05) is 82.3 Å². The van der Waals surface area contributed by atoms with Gasteiger partial charge in [0.15, 0.2) is 0 Å². The molecule has 1 N–H and O–H groups in total. The van der Waals surface area contributed by atoms with Crippen LogP contribution in [0.2, 0.25) is 0 Å². The zero-order chi connectivity index (χ0) is 27.1. The molecular weight excluding hydrogens is 472 g/mol. The Balaban J connectivity index is 1.73. The molecule has 0 saturated carbocycles. The van der Waals surface area contributed by atoms with Crippen molar-refractivity contribution < 1.29 is 19.4 Å². The molecule has 0 heterocycles. The number of methoxy groups -OCH3 is 1. The first kappa shape index (κ1) is 25.6. The van der Waals surface area contributed by atoms with E-state index in [1.807, 2.05) is 18.2 Å². The molecule has 0 spiro atoms. The summed E-state index contributed by atoms with van der Waals surface area (Å²) in [5, 5.41) is 8.92. The maximum atomic E-state index is 10.9. The Labute approximate surface area is 224 Å². The second-order valence-electron chi connectivity index (χ2n) is 11.4. The molecule has 0 fully saturated rings. The molecule has 4 heteroatoms. The number of carbonyl (C=O) groups is 1. The molecule has 0 radical (unpaired) electrons. The molecule has 0 aromatic heterocycles. The summed E-state index contributed by atoms with van der Waals surface area (Å²) in [6.07, 6.45) is 0.953. The van der Waals surface area contributed by atoms with Gasteiger partial charge in [-0.2, -0.15) is 0 Å². The number of carboxylic acid groups (broad SMARTS) is 1. The van der Waals surface area contributed by atoms with Crippen LogP contribution in [0.4, 0.5) is 4.79 Å². The summed E-state index contributed by atoms with van der Waals surface area (Å²) >= 11 is 0. The highest BCUT2D eigenvalue weighted by molar-refractivity contribution is 5.90. The van der Waals surface area contributed by atoms with Gasteiger partial charge in [0.2, 0.25) is 0 Å². The quantitative estimate of drug-likeness (QED) is 0.217. The summed E-state index contributed by atoms with van der Waals surface area (Å²) < 4.78 is 10.8. The summed E-state index contributed by atoms with van der Waals surface area (Å²) in [7, 11) is 1.75. The van der Waals surface area contributed by atoms with Crippen LogP contribution in [0.1, 0.15) is 51.7 Å². The fraction of sp³-hybridized carbons (Fsp3) is 0.265. The summed E-state index contributed by atoms with van der Waals surface area (Å²) in [6, 6.07) is 28.6. The first-order valence-electron chi connectivity index (χ1n) is 13.0. The Bertz CT molecular complexity index is 1480. The predicted octanol–water partition coefficient (Wildman–Crippen LogP) is 9.10. The van der Waals surface area contributed by atoms with Gasteiger partial charge >= 0.3 is 6.16 Å². The molecule has 5 rings (SSSR count). The Morgan fingerprint density at radius 3 is 1.89 bits per heavy atom. The molecule has 0 atom stereocenters. The number of fused-ring (bicyclic) bond motifs is 1. The highest BCUT2D eigenvalue weighted by Crippen LogP contribution is 2.50. The molecule has 38 heavy (non-hydrogen) atoms. The van der Waals surface area contributed by atoms with Gasteiger partial charge in [-0.3, -0.25) is 0 Å². The lowest BCUT2D eigenvalue weighted by atomic mass is 9.62. The van der Waals surface area contributed by atoms with Gasteiger partial charge in [-0.05, 0) is 92.9 Å². The van der Waals surface area contributed by atoms with Crippen LogP contribution in [0.25, 0.3) is 33.4 Å². The number of rotatable bonds is 5. The van der Waals surface area contributed by atoms with Crippen LogP contribution in [0.3, 0.4) is 0 Å². The molecule has 0 aliphatic heterocycles. The van der Waals surface area contributed by atoms with Crippen LogP contribution in [0, 0.1) is 0 Å². The predicted molar refractivity (Wildman–Crippen MR) is 153 cm³/mol. The van der Waals surface area contributed by atoms with Crippen molar-refractivity contribution in [2.24, 2.45) is 0 Å². The number of hydrogen-bond donors (Lipinski definition) is 1. The topological polar surface area (TPSA) is 55.8 Å². The lowest BCUT2D eigenvalue weighted by Gasteiger charge is -2.42. The van der Waals surface area contributed by atoms with E-state index in [4.69, 9.17) is 14.6 Å². The van der Waals surface area contributed by atoms with Crippen molar-refractivity contribution >= 4 is 6.16 Å². The standard InChI is InChI=1S/C34H34O4/c1-33(2)17-18-34(3,4)30-21-31(37-5)28(20-29(30)33)27-19-24(13-16-26(27)23-9-7-6-8-10-23)22-11-14-25(15-12-22)38-32(35)36/h6-16,19-21H,17-18H2,1-5H3,(H,35,36). The van der Waals surface area contributed by atoms with Gasteiger partial charge in [0.25, 0.3) is 0 Å². The van der Waals surface area contributed by atoms with Gasteiger partial charge in [-0.25, -0.2) is 4.79 Å². The Kier molecular flexibility index (Phi) is 6.52. The average molecular weight is 507 g/mol. The molecule has 4 aromatic rings. The van der Waals surface area contributed by atoms with Crippen molar-refractivity contribution in [3.8, 4) is 44.9 Å². The first-order valence-corrected chi connectivity index (χ1v) is 13.0. The third-order valence-electron chi connectivity index (χ3n) is 7.96. The summed E-state index contributed by atoms with van der Waals surface area (Å²) in [4.78, 5) is 10.9. The minimum atomic E-state index is -1.32. The highest BCUT2D eigenvalue weighted by Gasteiger charge is 2.38. The first-order chi connectivity index (χ1) is 18.1. The molecule has 194 valence electrons. The number of ether oxygens (including phenoxy) is 2. The minimum Gasteiger partial charge on any atom is -0.496 e. The maximum Gasteiger partial charge on any atom is 0.511 e. The van der Waals surface area contributed by atoms with E-state index in [0.717, 1.165) is 52.0 Å². The fourth-order valence-electron chi connectivity index (χ4n) is 5.61. The van der Waals surface area contributed by atoms with Crippen LogP contribution in [-0.2, 0) is 10.8 Å². The van der Waals surface area contributed by atoms with Crippen LogP contribution in [-0.4, -0.2) is 18.4 Å². The van der Waals surface area contributed by atoms with Crippen molar-refractivity contribution in [2.75, 3.05) is 7.11 Å². The molecule has 0 amide bonds. The van der Waals surface area contributed by atoms with Crippen molar-refractivity contribution in [3.05, 3.63) is 96.1 Å². The minimum absolute atomic E-state index is 0.0658. The van der Waals surface area contributed by atoms with Crippen molar-refractivity contribution in [1.29, 1.82) is 0 Å². The van der Waals surface area contributed by atoms with Gasteiger partial charge in [-0.15, -0.1) is 0 Å². The maximum absolute atomic E-state index is 10.9. The second-order valence-corrected chi connectivity index (χ2v) is 11.4. The van der Waals surface area contributed by atoms with Gasteiger partial charge in [0, 0.05) is 5.56 Å². The second kappa shape index (κ2) is 9.68. The largest absolute Gasteiger partial charge is 0.511 e. The van der Waals surface area contributed by atoms with Gasteiger partial charge < -0.3 is 14.6 Å². The monoisotopic (exact) mass is 506 g/mol. The molecule has 0 unspecified atom stereocenters. The molecule has 0 bridgehead atoms. The van der Waals surface area contributed by atoms with E-state index in [1.165, 1.54) is 11.1 Å². The van der Waals surface area contributed by atoms with E-state index >= 15 is 0 Å². The number of hydrogen-bond acceptors (Lipinski definition) is 3. The average Bonchev–Trinajstić information content (AvgIpc) is 2.91. The Morgan fingerprint density at radius 1 is 0.684 bits per heavy atom. The summed E-state index contributed by atoms with van der Waals surface area (Å²) in [5.74, 6) is 1.16. The Morgan fingerprint density at radius 2 is 1.29 bits per heavy atom. The van der Waals surface area contributed by atoms with Crippen molar-refractivity contribution in [3.63, 3.8) is 0 Å². The van der Waals surface area contributed by atoms with Crippen LogP contribution < -0.4 is 9.47 Å². The van der Waals surface area contributed by atoms with E-state index in [1.54, 1.807) is 19.2 Å². The van der Waals surface area contributed by atoms with E-state index in [2.05, 4.69) is 82.3 Å². The smallest absolute Gasteiger partial charge is 0.496 e. The third kappa shape index (κ3) is 4.79. The molecule has 0 saturated heterocycles. The summed E-state index contributed by atoms with van der Waals surface area (Å²) in [6.45, 7) is 9.33. The van der Waals surface area contributed by atoms with E-state index < -0.39 is 6.16 Å². The Hall–Kier alpha value is -4.05. The van der Waals surface area contributed by atoms with Crippen molar-refractivity contribution in [2.45, 2.75) is 51.4 Å². The summed E-state index contributed by atoms with van der Waals surface area (Å²) in [5.41, 5.74) is 9.33. The van der Waals surface area contributed by atoms with Gasteiger partial charge in [0.05, 0.1) is 7.11 Å². The van der Waals surface area contributed by atoms with Crippen molar-refractivity contribution in [1.82, 2.24) is 0 Å². The van der Waals surface area contributed by atoms with Crippen LogP contribution in [0.15, 0.2) is 84.9 Å². The number of benzene rings is 4. The molecule has 1 aliphatic carbocycles. The zero-order valence-corrected chi connectivity index (χ0v) is 22.7.